The van der Waals surface area contributed by atoms with Gasteiger partial charge in [-0.05, 0) is 6.42 Å². The van der Waals surface area contributed by atoms with Gasteiger partial charge in [-0.3, -0.25) is 4.79 Å². The zero-order valence-electron chi connectivity index (χ0n) is 5.92. The molecule has 1 aromatic heterocycles. The van der Waals surface area contributed by atoms with Crippen LogP contribution in [0, 0.1) is 0 Å². The summed E-state index contributed by atoms with van der Waals surface area (Å²) in [4.78, 5) is 14.8. The summed E-state index contributed by atoms with van der Waals surface area (Å²) < 4.78 is 4.79. The molecule has 0 unspecified atom stereocenters. The van der Waals surface area contributed by atoms with Crippen LogP contribution in [0.4, 0.5) is 0 Å². The Kier molecular flexibility index (Phi) is 3.11. The molecular weight excluding hydrogens is 166 g/mol. The van der Waals surface area contributed by atoms with Crippen molar-refractivity contribution in [3.8, 4) is 0 Å². The molecule has 4 heteroatoms. The molecule has 0 aliphatic carbocycles. The van der Waals surface area contributed by atoms with E-state index in [4.69, 9.17) is 16.0 Å². The zero-order chi connectivity index (χ0) is 8.10. The summed E-state index contributed by atoms with van der Waals surface area (Å²) in [5.74, 6) is 0.581. The number of carbonyl (C=O) groups excluding carboxylic acids is 1. The normalized spacial score (nSPS) is 9.91. The van der Waals surface area contributed by atoms with Crippen molar-refractivity contribution in [2.24, 2.45) is 0 Å². The third kappa shape index (κ3) is 2.35. The SMILES string of the molecule is O=C(CCCCl)c1ncco1. The molecule has 0 aliphatic heterocycles. The highest BCUT2D eigenvalue weighted by molar-refractivity contribution is 6.18. The van der Waals surface area contributed by atoms with Gasteiger partial charge in [0.15, 0.2) is 0 Å². The molecule has 60 valence electrons. The van der Waals surface area contributed by atoms with Gasteiger partial charge in [-0.15, -0.1) is 11.6 Å². The maximum atomic E-state index is 11.0. The molecule has 0 spiro atoms. The smallest absolute Gasteiger partial charge is 0.263 e. The van der Waals surface area contributed by atoms with Gasteiger partial charge in [-0.25, -0.2) is 4.98 Å². The molecule has 1 aromatic rings. The van der Waals surface area contributed by atoms with Crippen molar-refractivity contribution in [1.82, 2.24) is 4.98 Å². The van der Waals surface area contributed by atoms with Crippen molar-refractivity contribution >= 4 is 17.4 Å². The van der Waals surface area contributed by atoms with Gasteiger partial charge in [0.2, 0.25) is 5.78 Å². The van der Waals surface area contributed by atoms with Crippen LogP contribution in [-0.2, 0) is 0 Å². The standard InChI is InChI=1S/C7H8ClNO2/c8-3-1-2-6(10)7-9-4-5-11-7/h4-5H,1-3H2. The number of hydrogen-bond donors (Lipinski definition) is 0. The van der Waals surface area contributed by atoms with Crippen LogP contribution in [0.25, 0.3) is 0 Å². The molecule has 0 aliphatic rings. The zero-order valence-corrected chi connectivity index (χ0v) is 6.67. The molecule has 3 nitrogen and oxygen atoms in total. The second-order valence-corrected chi connectivity index (χ2v) is 2.43. The highest BCUT2D eigenvalue weighted by atomic mass is 35.5. The van der Waals surface area contributed by atoms with E-state index in [2.05, 4.69) is 4.98 Å². The summed E-state index contributed by atoms with van der Waals surface area (Å²) in [5.41, 5.74) is 0. The highest BCUT2D eigenvalue weighted by Crippen LogP contribution is 2.02. The third-order valence-electron chi connectivity index (χ3n) is 1.21. The van der Waals surface area contributed by atoms with Crippen molar-refractivity contribution < 1.29 is 9.21 Å². The number of nitrogens with zero attached hydrogens (tertiary/aromatic N) is 1. The third-order valence-corrected chi connectivity index (χ3v) is 1.48. The molecule has 0 N–H and O–H groups in total. The Hall–Kier alpha value is -0.830. The Morgan fingerprint density at radius 2 is 2.55 bits per heavy atom. The van der Waals surface area contributed by atoms with E-state index in [0.717, 1.165) is 0 Å². The van der Waals surface area contributed by atoms with Crippen molar-refractivity contribution in [2.75, 3.05) is 5.88 Å². The second kappa shape index (κ2) is 4.13. The summed E-state index contributed by atoms with van der Waals surface area (Å²) in [7, 11) is 0. The van der Waals surface area contributed by atoms with Crippen LogP contribution in [0.5, 0.6) is 0 Å². The predicted octanol–water partition coefficient (Wildman–Crippen LogP) is 1.88. The summed E-state index contributed by atoms with van der Waals surface area (Å²) in [5, 5.41) is 0. The first-order valence-corrected chi connectivity index (χ1v) is 3.86. The van der Waals surface area contributed by atoms with E-state index in [0.29, 0.717) is 18.7 Å². The molecule has 0 fully saturated rings. The minimum Gasteiger partial charge on any atom is -0.442 e. The molecule has 11 heavy (non-hydrogen) atoms. The first-order chi connectivity index (χ1) is 5.34. The van der Waals surface area contributed by atoms with E-state index in [1.54, 1.807) is 0 Å². The van der Waals surface area contributed by atoms with E-state index in [9.17, 15) is 4.79 Å². The van der Waals surface area contributed by atoms with Crippen LogP contribution in [-0.4, -0.2) is 16.6 Å². The fourth-order valence-corrected chi connectivity index (χ4v) is 0.829. The lowest BCUT2D eigenvalue weighted by atomic mass is 10.2. The molecule has 1 heterocycles. The molecule has 0 saturated heterocycles. The maximum Gasteiger partial charge on any atom is 0.263 e. The van der Waals surface area contributed by atoms with E-state index in [1.165, 1.54) is 12.5 Å². The lowest BCUT2D eigenvalue weighted by Crippen LogP contribution is -1.98. The number of hydrogen-bond acceptors (Lipinski definition) is 3. The number of halogens is 1. The monoisotopic (exact) mass is 173 g/mol. The van der Waals surface area contributed by atoms with Gasteiger partial charge in [0.1, 0.15) is 6.26 Å². The van der Waals surface area contributed by atoms with Crippen molar-refractivity contribution in [3.05, 3.63) is 18.4 Å². The predicted molar refractivity (Wildman–Crippen MR) is 40.8 cm³/mol. The van der Waals surface area contributed by atoms with Crippen LogP contribution in [0.1, 0.15) is 23.5 Å². The van der Waals surface area contributed by atoms with Gasteiger partial charge in [0.05, 0.1) is 6.20 Å². The largest absolute Gasteiger partial charge is 0.442 e. The number of alkyl halides is 1. The second-order valence-electron chi connectivity index (χ2n) is 2.05. The van der Waals surface area contributed by atoms with Crippen molar-refractivity contribution in [3.63, 3.8) is 0 Å². The van der Waals surface area contributed by atoms with Gasteiger partial charge >= 0.3 is 0 Å². The first kappa shape index (κ1) is 8.27. The lowest BCUT2D eigenvalue weighted by molar-refractivity contribution is 0.0948. The summed E-state index contributed by atoms with van der Waals surface area (Å²) in [6.07, 6.45) is 3.91. The molecule has 0 radical (unpaired) electrons. The molecule has 0 amide bonds. The topological polar surface area (TPSA) is 43.1 Å². The summed E-state index contributed by atoms with van der Waals surface area (Å²) in [6, 6.07) is 0. The summed E-state index contributed by atoms with van der Waals surface area (Å²) >= 11 is 5.40. The minimum absolute atomic E-state index is 0.0874. The van der Waals surface area contributed by atoms with Crippen LogP contribution in [0.3, 0.4) is 0 Å². The van der Waals surface area contributed by atoms with E-state index < -0.39 is 0 Å². The first-order valence-electron chi connectivity index (χ1n) is 3.33. The van der Waals surface area contributed by atoms with E-state index >= 15 is 0 Å². The number of Topliss-reactive ketones (excluding diaryl/α,β-unsaturated/α-hetero) is 1. The summed E-state index contributed by atoms with van der Waals surface area (Å²) in [6.45, 7) is 0. The molecular formula is C7H8ClNO2. The number of rotatable bonds is 4. The number of oxazole rings is 1. The van der Waals surface area contributed by atoms with Gasteiger partial charge in [-0.1, -0.05) is 0 Å². The van der Waals surface area contributed by atoms with Gasteiger partial charge in [-0.2, -0.15) is 0 Å². The Bertz CT molecular complexity index is 220. The average molecular weight is 174 g/mol. The van der Waals surface area contributed by atoms with Gasteiger partial charge < -0.3 is 4.42 Å². The Labute approximate surface area is 69.4 Å². The molecule has 0 aromatic carbocycles. The number of aromatic nitrogens is 1. The van der Waals surface area contributed by atoms with E-state index in [1.807, 2.05) is 0 Å². The van der Waals surface area contributed by atoms with Crippen molar-refractivity contribution in [1.29, 1.82) is 0 Å². The van der Waals surface area contributed by atoms with Crippen LogP contribution < -0.4 is 0 Å². The maximum absolute atomic E-state index is 11.0. The lowest BCUT2D eigenvalue weighted by Gasteiger charge is -1.90. The van der Waals surface area contributed by atoms with Gasteiger partial charge in [0, 0.05) is 12.3 Å². The van der Waals surface area contributed by atoms with Crippen molar-refractivity contribution in [2.45, 2.75) is 12.8 Å². The fraction of sp³-hybridized carbons (Fsp3) is 0.429. The highest BCUT2D eigenvalue weighted by Gasteiger charge is 2.08. The quantitative estimate of drug-likeness (QED) is 0.516. The Morgan fingerprint density at radius 3 is 3.09 bits per heavy atom. The van der Waals surface area contributed by atoms with E-state index in [-0.39, 0.29) is 11.7 Å². The molecule has 0 atom stereocenters. The van der Waals surface area contributed by atoms with Crippen LogP contribution in [0.15, 0.2) is 16.9 Å². The average Bonchev–Trinajstić information content (AvgIpc) is 2.52. The van der Waals surface area contributed by atoms with Crippen LogP contribution in [0.2, 0.25) is 0 Å². The Morgan fingerprint density at radius 1 is 1.73 bits per heavy atom. The molecule has 1 rings (SSSR count). The van der Waals surface area contributed by atoms with Crippen LogP contribution >= 0.6 is 11.6 Å². The number of carbonyl (C=O) groups is 1. The number of ketones is 1. The molecule has 0 bridgehead atoms. The molecule has 0 saturated carbocycles. The minimum atomic E-state index is -0.0874. The van der Waals surface area contributed by atoms with Gasteiger partial charge in [0.25, 0.3) is 5.89 Å². The Balaban J connectivity index is 2.43. The fourth-order valence-electron chi connectivity index (χ4n) is 0.695.